The molecule has 0 fully saturated rings. The second-order valence-corrected chi connectivity index (χ2v) is 5.37. The van der Waals surface area contributed by atoms with Gasteiger partial charge >= 0.3 is 0 Å². The molecule has 1 heterocycles. The summed E-state index contributed by atoms with van der Waals surface area (Å²) in [6.45, 7) is 3.16. The fraction of sp³-hybridized carbons (Fsp3) is 0.667. The Morgan fingerprint density at radius 1 is 1.50 bits per heavy atom. The summed E-state index contributed by atoms with van der Waals surface area (Å²) in [7, 11) is -3.46. The van der Waals surface area contributed by atoms with E-state index in [9.17, 15) is 8.42 Å². The van der Waals surface area contributed by atoms with Gasteiger partial charge in [0.2, 0.25) is 0 Å². The first-order valence-electron chi connectivity index (χ1n) is 5.32. The summed E-state index contributed by atoms with van der Waals surface area (Å²) in [4.78, 5) is 0. The van der Waals surface area contributed by atoms with Crippen molar-refractivity contribution in [3.63, 3.8) is 0 Å². The molecule has 3 N–H and O–H groups in total. The van der Waals surface area contributed by atoms with E-state index in [2.05, 4.69) is 10.2 Å². The number of unbranched alkanes of at least 4 members (excludes halogenated alkanes) is 1. The Morgan fingerprint density at radius 2 is 2.25 bits per heavy atom. The Hall–Kier alpha value is -0.920. The van der Waals surface area contributed by atoms with E-state index in [1.54, 1.807) is 0 Å². The molecule has 0 aliphatic heterocycles. The van der Waals surface area contributed by atoms with Crippen LogP contribution in [-0.4, -0.2) is 42.6 Å². The largest absolute Gasteiger partial charge is 0.329 e. The molecule has 1 aromatic heterocycles. The van der Waals surface area contributed by atoms with Crippen molar-refractivity contribution in [3.05, 3.63) is 12.3 Å². The lowest BCUT2D eigenvalue weighted by atomic mass is 10.3. The van der Waals surface area contributed by atoms with E-state index in [-0.39, 0.29) is 5.03 Å². The summed E-state index contributed by atoms with van der Waals surface area (Å²) in [5, 5.41) is 6.24. The summed E-state index contributed by atoms with van der Waals surface area (Å²) in [5.41, 5.74) is 5.42. The molecule has 0 saturated carbocycles. The van der Waals surface area contributed by atoms with Crippen molar-refractivity contribution >= 4 is 10.0 Å². The van der Waals surface area contributed by atoms with E-state index in [1.807, 2.05) is 6.92 Å². The number of nitrogens with two attached hydrogens (primary N) is 1. The van der Waals surface area contributed by atoms with Gasteiger partial charge in [0.1, 0.15) is 0 Å². The van der Waals surface area contributed by atoms with Gasteiger partial charge in [-0.1, -0.05) is 13.3 Å². The number of aromatic nitrogens is 2. The molecule has 0 amide bonds. The topological polar surface area (TPSA) is 92.1 Å². The van der Waals surface area contributed by atoms with E-state index in [0.29, 0.717) is 19.6 Å². The molecule has 0 spiro atoms. The highest BCUT2D eigenvalue weighted by molar-refractivity contribution is 7.89. The Morgan fingerprint density at radius 3 is 2.75 bits per heavy atom. The van der Waals surface area contributed by atoms with Gasteiger partial charge in [0.15, 0.2) is 5.03 Å². The van der Waals surface area contributed by atoms with Crippen molar-refractivity contribution in [1.29, 1.82) is 0 Å². The van der Waals surface area contributed by atoms with Crippen molar-refractivity contribution in [3.8, 4) is 0 Å². The number of nitrogens with zero attached hydrogens (tertiary/aromatic N) is 2. The molecule has 0 saturated heterocycles. The van der Waals surface area contributed by atoms with Crippen molar-refractivity contribution < 1.29 is 8.42 Å². The summed E-state index contributed by atoms with van der Waals surface area (Å²) in [6.07, 6.45) is 3.19. The molecule has 0 aliphatic carbocycles. The van der Waals surface area contributed by atoms with Crippen molar-refractivity contribution in [2.45, 2.75) is 24.8 Å². The molecule has 92 valence electrons. The first-order valence-corrected chi connectivity index (χ1v) is 6.76. The van der Waals surface area contributed by atoms with Crippen LogP contribution >= 0.6 is 0 Å². The Balaban J connectivity index is 2.84. The van der Waals surface area contributed by atoms with Gasteiger partial charge in [0, 0.05) is 19.6 Å². The maximum Gasteiger partial charge on any atom is 0.260 e. The van der Waals surface area contributed by atoms with Crippen LogP contribution in [0.15, 0.2) is 17.3 Å². The number of aromatic amines is 1. The average Bonchev–Trinajstić information content (AvgIpc) is 2.77. The third kappa shape index (κ3) is 3.03. The summed E-state index contributed by atoms with van der Waals surface area (Å²) >= 11 is 0. The second-order valence-electron chi connectivity index (χ2n) is 3.47. The molecule has 0 unspecified atom stereocenters. The lowest BCUT2D eigenvalue weighted by Gasteiger charge is -2.19. The lowest BCUT2D eigenvalue weighted by Crippen LogP contribution is -2.36. The minimum Gasteiger partial charge on any atom is -0.329 e. The second kappa shape index (κ2) is 5.97. The van der Waals surface area contributed by atoms with Gasteiger partial charge in [-0.2, -0.15) is 9.40 Å². The van der Waals surface area contributed by atoms with Crippen LogP contribution in [0.3, 0.4) is 0 Å². The molecule has 0 aromatic carbocycles. The Bertz CT molecular complexity index is 388. The highest BCUT2D eigenvalue weighted by atomic mass is 32.2. The normalized spacial score (nSPS) is 12.2. The first-order chi connectivity index (χ1) is 7.62. The van der Waals surface area contributed by atoms with Gasteiger partial charge in [-0.3, -0.25) is 5.10 Å². The summed E-state index contributed by atoms with van der Waals surface area (Å²) in [6, 6.07) is 1.45. The van der Waals surface area contributed by atoms with Crippen molar-refractivity contribution in [2.24, 2.45) is 5.73 Å². The molecular weight excluding hydrogens is 228 g/mol. The van der Waals surface area contributed by atoms with Gasteiger partial charge < -0.3 is 5.73 Å². The van der Waals surface area contributed by atoms with Gasteiger partial charge in [0.25, 0.3) is 10.0 Å². The van der Waals surface area contributed by atoms with Crippen LogP contribution in [0.1, 0.15) is 19.8 Å². The fourth-order valence-corrected chi connectivity index (χ4v) is 2.75. The van der Waals surface area contributed by atoms with Crippen molar-refractivity contribution in [2.75, 3.05) is 19.6 Å². The molecule has 1 aromatic rings. The molecule has 16 heavy (non-hydrogen) atoms. The number of rotatable bonds is 7. The number of nitrogens with one attached hydrogen (secondary N) is 1. The zero-order valence-corrected chi connectivity index (χ0v) is 10.2. The van der Waals surface area contributed by atoms with Crippen LogP contribution in [0, 0.1) is 0 Å². The number of sulfonamides is 1. The van der Waals surface area contributed by atoms with E-state index >= 15 is 0 Å². The Kier molecular flexibility index (Phi) is 4.91. The minimum atomic E-state index is -3.46. The van der Waals surface area contributed by atoms with Gasteiger partial charge in [-0.15, -0.1) is 0 Å². The van der Waals surface area contributed by atoms with E-state index in [4.69, 9.17) is 5.73 Å². The maximum absolute atomic E-state index is 12.1. The number of H-pyrrole nitrogens is 1. The van der Waals surface area contributed by atoms with Crippen LogP contribution in [0.4, 0.5) is 0 Å². The van der Waals surface area contributed by atoms with Crippen LogP contribution in [-0.2, 0) is 10.0 Å². The standard InChI is InChI=1S/C9H18N4O2S/c1-2-3-7-13(8-5-10)16(14,15)9-4-6-11-12-9/h4,6H,2-3,5,7-8,10H2,1H3,(H,11,12). The van der Waals surface area contributed by atoms with E-state index < -0.39 is 10.0 Å². The monoisotopic (exact) mass is 246 g/mol. The van der Waals surface area contributed by atoms with Crippen LogP contribution < -0.4 is 5.73 Å². The van der Waals surface area contributed by atoms with E-state index in [0.717, 1.165) is 12.8 Å². The maximum atomic E-state index is 12.1. The molecule has 0 radical (unpaired) electrons. The number of hydrogen-bond acceptors (Lipinski definition) is 4. The zero-order valence-electron chi connectivity index (χ0n) is 9.39. The third-order valence-corrected chi connectivity index (χ3v) is 4.06. The third-order valence-electron chi connectivity index (χ3n) is 2.23. The van der Waals surface area contributed by atoms with Crippen LogP contribution in [0.25, 0.3) is 0 Å². The zero-order chi connectivity index (χ0) is 12.0. The van der Waals surface area contributed by atoms with Gasteiger partial charge in [-0.25, -0.2) is 8.42 Å². The van der Waals surface area contributed by atoms with Crippen LogP contribution in [0.2, 0.25) is 0 Å². The molecular formula is C9H18N4O2S. The van der Waals surface area contributed by atoms with Crippen molar-refractivity contribution in [1.82, 2.24) is 14.5 Å². The van der Waals surface area contributed by atoms with Gasteiger partial charge in [0.05, 0.1) is 6.20 Å². The molecule has 0 atom stereocenters. The fourth-order valence-electron chi connectivity index (χ4n) is 1.36. The molecule has 6 nitrogen and oxygen atoms in total. The first kappa shape index (κ1) is 13.1. The Labute approximate surface area is 95.9 Å². The quantitative estimate of drug-likeness (QED) is 0.716. The highest BCUT2D eigenvalue weighted by Crippen LogP contribution is 2.12. The lowest BCUT2D eigenvalue weighted by molar-refractivity contribution is 0.408. The number of hydrogen-bond donors (Lipinski definition) is 2. The SMILES string of the molecule is CCCCN(CCN)S(=O)(=O)c1ccn[nH]1. The molecule has 0 bridgehead atoms. The minimum absolute atomic E-state index is 0.122. The summed E-state index contributed by atoms with van der Waals surface area (Å²) in [5.74, 6) is 0. The molecule has 0 aliphatic rings. The predicted octanol–water partition coefficient (Wildman–Crippen LogP) is 0.159. The smallest absolute Gasteiger partial charge is 0.260 e. The van der Waals surface area contributed by atoms with E-state index in [1.165, 1.54) is 16.6 Å². The highest BCUT2D eigenvalue weighted by Gasteiger charge is 2.24. The summed E-state index contributed by atoms with van der Waals surface area (Å²) < 4.78 is 25.6. The van der Waals surface area contributed by atoms with Crippen LogP contribution in [0.5, 0.6) is 0 Å². The molecule has 7 heteroatoms. The average molecular weight is 246 g/mol. The predicted molar refractivity (Wildman–Crippen MR) is 61.3 cm³/mol. The molecule has 1 rings (SSSR count). The van der Waals surface area contributed by atoms with Gasteiger partial charge in [-0.05, 0) is 12.5 Å².